The number of halogens is 1. The lowest BCUT2D eigenvalue weighted by Crippen LogP contribution is -2.48. The number of para-hydroxylation sites is 1. The van der Waals surface area contributed by atoms with Crippen molar-refractivity contribution in [3.05, 3.63) is 64.1 Å². The monoisotopic (exact) mass is 650 g/mol. The van der Waals surface area contributed by atoms with E-state index in [-0.39, 0.29) is 67.4 Å². The van der Waals surface area contributed by atoms with Crippen molar-refractivity contribution in [2.75, 3.05) is 18.6 Å². The second kappa shape index (κ2) is 10.6. The second-order valence-electron chi connectivity index (χ2n) is 11.9. The van der Waals surface area contributed by atoms with Crippen molar-refractivity contribution in [2.45, 2.75) is 38.5 Å². The van der Waals surface area contributed by atoms with Gasteiger partial charge in [-0.3, -0.25) is 28.9 Å². The number of aliphatic carboxylic acids is 1. The van der Waals surface area contributed by atoms with Gasteiger partial charge in [-0.15, -0.1) is 0 Å². The first-order valence-electron chi connectivity index (χ1n) is 14.3. The number of amides is 4. The second-order valence-corrected chi connectivity index (χ2v) is 12.7. The molecule has 2 N–H and O–H groups in total. The number of benzene rings is 2. The third kappa shape index (κ3) is 4.30. The fourth-order valence-electron chi connectivity index (χ4n) is 7.81. The van der Waals surface area contributed by atoms with Crippen LogP contribution in [0.2, 0.25) is 0 Å². The molecule has 0 radical (unpaired) electrons. The van der Waals surface area contributed by atoms with Gasteiger partial charge in [-0.25, -0.2) is 4.90 Å². The minimum absolute atomic E-state index is 0.0188. The molecule has 4 amide bonds. The van der Waals surface area contributed by atoms with E-state index in [1.54, 1.807) is 49.4 Å². The van der Waals surface area contributed by atoms with E-state index in [9.17, 15) is 29.1 Å². The number of phenols is 1. The molecular formula is C32H31BrN2O8. The molecule has 2 heterocycles. The largest absolute Gasteiger partial charge is 0.503 e. The number of nitrogens with zero attached hydrogens (tertiary/aromatic N) is 2. The van der Waals surface area contributed by atoms with Crippen molar-refractivity contribution in [3.8, 4) is 11.5 Å². The highest BCUT2D eigenvalue weighted by atomic mass is 79.9. The number of phenolic OH excluding ortho intramolecular Hbond substituents is 1. The Bertz CT molecular complexity index is 1590. The van der Waals surface area contributed by atoms with Crippen molar-refractivity contribution in [1.29, 1.82) is 0 Å². The summed E-state index contributed by atoms with van der Waals surface area (Å²) in [4.78, 5) is 69.3. The van der Waals surface area contributed by atoms with Gasteiger partial charge in [-0.1, -0.05) is 29.8 Å². The van der Waals surface area contributed by atoms with Crippen molar-refractivity contribution in [1.82, 2.24) is 4.90 Å². The molecule has 6 atom stereocenters. The number of allylic oxidation sites excluding steroid dienone is 2. The highest BCUT2D eigenvalue weighted by Gasteiger charge is 2.67. The molecule has 1 saturated carbocycles. The van der Waals surface area contributed by atoms with Crippen LogP contribution in [0.15, 0.2) is 58.6 Å². The molecule has 10 nitrogen and oxygen atoms in total. The summed E-state index contributed by atoms with van der Waals surface area (Å²) < 4.78 is 5.79. The first-order valence-corrected chi connectivity index (χ1v) is 15.1. The zero-order valence-electron chi connectivity index (χ0n) is 23.7. The Morgan fingerprint density at radius 2 is 1.79 bits per heavy atom. The topological polar surface area (TPSA) is 142 Å². The van der Waals surface area contributed by atoms with E-state index in [0.717, 1.165) is 5.57 Å². The van der Waals surface area contributed by atoms with Crippen molar-refractivity contribution in [2.24, 2.45) is 29.1 Å². The molecule has 224 valence electrons. The minimum atomic E-state index is -1.23. The number of carboxylic acids is 1. The zero-order valence-corrected chi connectivity index (χ0v) is 25.2. The molecule has 2 aliphatic carbocycles. The van der Waals surface area contributed by atoms with Crippen LogP contribution in [0.25, 0.3) is 0 Å². The molecule has 6 rings (SSSR count). The smallest absolute Gasteiger partial charge is 0.303 e. The number of fused-ring (bicyclic) bond motifs is 4. The Morgan fingerprint density at radius 1 is 1.07 bits per heavy atom. The van der Waals surface area contributed by atoms with Gasteiger partial charge in [0.25, 0.3) is 0 Å². The normalized spacial score (nSPS) is 29.7. The van der Waals surface area contributed by atoms with Crippen molar-refractivity contribution < 1.29 is 38.9 Å². The maximum Gasteiger partial charge on any atom is 0.303 e. The summed E-state index contributed by atoms with van der Waals surface area (Å²) in [5, 5.41) is 19.6. The van der Waals surface area contributed by atoms with Crippen LogP contribution in [0.3, 0.4) is 0 Å². The number of likely N-dealkylation sites (tertiary alicyclic amines) is 1. The fourth-order valence-corrected chi connectivity index (χ4v) is 8.27. The number of aromatic hydroxyl groups is 1. The maximum atomic E-state index is 14.4. The average molecular weight is 652 g/mol. The van der Waals surface area contributed by atoms with Gasteiger partial charge < -0.3 is 14.9 Å². The molecule has 2 saturated heterocycles. The van der Waals surface area contributed by atoms with Crippen LogP contribution in [0, 0.1) is 29.1 Å². The molecule has 0 unspecified atom stereocenters. The molecule has 0 bridgehead atoms. The van der Waals surface area contributed by atoms with E-state index >= 15 is 0 Å². The maximum absolute atomic E-state index is 14.4. The first kappa shape index (κ1) is 29.1. The average Bonchev–Trinajstić information content (AvgIpc) is 3.34. The Morgan fingerprint density at radius 3 is 2.47 bits per heavy atom. The van der Waals surface area contributed by atoms with Gasteiger partial charge in [-0.2, -0.15) is 0 Å². The first-order chi connectivity index (χ1) is 20.5. The van der Waals surface area contributed by atoms with E-state index < -0.39 is 41.0 Å². The number of ether oxygens (including phenoxy) is 1. The number of methoxy groups -OCH3 is 1. The molecule has 0 spiro atoms. The van der Waals surface area contributed by atoms with Gasteiger partial charge >= 0.3 is 5.97 Å². The van der Waals surface area contributed by atoms with Crippen molar-refractivity contribution in [3.63, 3.8) is 0 Å². The zero-order chi connectivity index (χ0) is 30.8. The predicted molar refractivity (Wildman–Crippen MR) is 157 cm³/mol. The van der Waals surface area contributed by atoms with Gasteiger partial charge in [0.05, 0.1) is 40.4 Å². The Hall–Kier alpha value is -3.99. The predicted octanol–water partition coefficient (Wildman–Crippen LogP) is 4.26. The third-order valence-corrected chi connectivity index (χ3v) is 10.4. The summed E-state index contributed by atoms with van der Waals surface area (Å²) in [6.07, 6.45) is 2.44. The summed E-state index contributed by atoms with van der Waals surface area (Å²) in [7, 11) is 1.42. The minimum Gasteiger partial charge on any atom is -0.503 e. The summed E-state index contributed by atoms with van der Waals surface area (Å²) >= 11 is 3.40. The van der Waals surface area contributed by atoms with Gasteiger partial charge in [0.15, 0.2) is 11.5 Å². The lowest BCUT2D eigenvalue weighted by Gasteiger charge is -2.49. The van der Waals surface area contributed by atoms with Crippen LogP contribution in [0.1, 0.15) is 44.1 Å². The van der Waals surface area contributed by atoms with Crippen LogP contribution < -0.4 is 9.64 Å². The Kier molecular flexibility index (Phi) is 7.19. The molecule has 3 fully saturated rings. The number of anilines is 1. The number of carbonyl (C=O) groups excluding carboxylic acids is 4. The molecule has 0 aromatic heterocycles. The number of rotatable bonds is 7. The standard InChI is InChI=1S/C32H31BrN2O8/c1-32-21(29(40)35(31(32)42)17-7-4-3-5-8-17)15-20-18(26(32)16-13-22(33)27(38)23(14-16)43-2)10-11-19-25(20)30(41)34(28(19)39)12-6-9-24(36)37/h3-5,7-8,10,13-14,19-21,25-26,38H,6,9,11-12,15H2,1-2H3,(H,36,37)/t19-,20+,21-,25-,26-,32+/m0/s1. The summed E-state index contributed by atoms with van der Waals surface area (Å²) in [6, 6.07) is 12.1. The summed E-state index contributed by atoms with van der Waals surface area (Å²) in [5.41, 5.74) is 0.679. The quantitative estimate of drug-likeness (QED) is 0.334. The van der Waals surface area contributed by atoms with Crippen LogP contribution >= 0.6 is 15.9 Å². The van der Waals surface area contributed by atoms with E-state index in [2.05, 4.69) is 15.9 Å². The fraction of sp³-hybridized carbons (Fsp3) is 0.406. The van der Waals surface area contributed by atoms with E-state index in [1.165, 1.54) is 16.9 Å². The SMILES string of the molecule is COc1cc([C@H]2C3=CC[C@@H]4C(=O)N(CCCC(=O)O)C(=O)[C@@H]4[C@@H]3C[C@H]3C(=O)N(c4ccccc4)C(=O)[C@@]23C)cc(Br)c1O. The number of hydrogen-bond donors (Lipinski definition) is 2. The Labute approximate surface area is 256 Å². The number of carbonyl (C=O) groups is 5. The van der Waals surface area contributed by atoms with Gasteiger partial charge in [0.1, 0.15) is 0 Å². The highest BCUT2D eigenvalue weighted by molar-refractivity contribution is 9.10. The molecule has 2 aromatic rings. The van der Waals surface area contributed by atoms with Crippen LogP contribution in [-0.2, 0) is 24.0 Å². The van der Waals surface area contributed by atoms with Crippen LogP contribution in [0.4, 0.5) is 5.69 Å². The Balaban J connectivity index is 1.48. The van der Waals surface area contributed by atoms with Crippen LogP contribution in [-0.4, -0.2) is 58.4 Å². The highest BCUT2D eigenvalue weighted by Crippen LogP contribution is 2.64. The van der Waals surface area contributed by atoms with Crippen LogP contribution in [0.5, 0.6) is 11.5 Å². The lowest BCUT2D eigenvalue weighted by atomic mass is 9.51. The van der Waals surface area contributed by atoms with E-state index in [1.807, 2.05) is 6.08 Å². The third-order valence-electron chi connectivity index (χ3n) is 9.76. The van der Waals surface area contributed by atoms with Gasteiger partial charge in [0, 0.05) is 18.9 Å². The molecule has 2 aromatic carbocycles. The van der Waals surface area contributed by atoms with Crippen molar-refractivity contribution >= 4 is 51.2 Å². The number of carboxylic acid groups (broad SMARTS) is 1. The molecule has 43 heavy (non-hydrogen) atoms. The van der Waals surface area contributed by atoms with E-state index in [4.69, 9.17) is 9.84 Å². The molecule has 11 heteroatoms. The number of hydrogen-bond acceptors (Lipinski definition) is 7. The lowest BCUT2D eigenvalue weighted by molar-refractivity contribution is -0.142. The van der Waals surface area contributed by atoms with Gasteiger partial charge in [-0.05, 0) is 77.9 Å². The molecular weight excluding hydrogens is 620 g/mol. The summed E-state index contributed by atoms with van der Waals surface area (Å²) in [5.74, 6) is -5.58. The molecule has 4 aliphatic rings. The summed E-state index contributed by atoms with van der Waals surface area (Å²) in [6.45, 7) is 1.81. The van der Waals surface area contributed by atoms with Gasteiger partial charge in [0.2, 0.25) is 23.6 Å². The molecule has 2 aliphatic heterocycles. The van der Waals surface area contributed by atoms with E-state index in [0.29, 0.717) is 15.7 Å². The number of imide groups is 2.